The van der Waals surface area contributed by atoms with Crippen LogP contribution >= 0.6 is 11.3 Å². The van der Waals surface area contributed by atoms with Gasteiger partial charge in [0.15, 0.2) is 5.01 Å². The zero-order valence-electron chi connectivity index (χ0n) is 7.76. The highest BCUT2D eigenvalue weighted by atomic mass is 32.1. The molecule has 14 heavy (non-hydrogen) atoms. The van der Waals surface area contributed by atoms with Crippen molar-refractivity contribution in [2.75, 3.05) is 6.61 Å². The number of hydrogen-bond donors (Lipinski definition) is 0. The molecule has 1 unspecified atom stereocenters. The van der Waals surface area contributed by atoms with Crippen molar-refractivity contribution in [2.45, 2.75) is 19.9 Å². The third-order valence-corrected chi connectivity index (χ3v) is 2.28. The van der Waals surface area contributed by atoms with Crippen LogP contribution in [0, 0.1) is 11.8 Å². The van der Waals surface area contributed by atoms with Gasteiger partial charge in [-0.25, -0.2) is 4.79 Å². The highest BCUT2D eigenvalue weighted by molar-refractivity contribution is 7.11. The molecule has 1 rings (SSSR count). The summed E-state index contributed by atoms with van der Waals surface area (Å²) in [6.07, 6.45) is 0. The summed E-state index contributed by atoms with van der Waals surface area (Å²) in [7, 11) is 0. The molecule has 0 fully saturated rings. The van der Waals surface area contributed by atoms with Crippen LogP contribution in [0.1, 0.15) is 23.0 Å². The second kappa shape index (κ2) is 4.75. The maximum Gasteiger partial charge on any atom is 0.341 e. The molecule has 0 saturated heterocycles. The molecule has 0 aromatic carbocycles. The Hall–Kier alpha value is -1.37. The van der Waals surface area contributed by atoms with Crippen molar-refractivity contribution in [3.05, 3.63) is 14.9 Å². The summed E-state index contributed by atoms with van der Waals surface area (Å²) in [6.45, 7) is 3.60. The predicted octanol–water partition coefficient (Wildman–Crippen LogP) is 1.22. The van der Waals surface area contributed by atoms with Crippen LogP contribution < -0.4 is 0 Å². The topological polar surface area (TPSA) is 81.5 Å². The monoisotopic (exact) mass is 215 g/mol. The van der Waals surface area contributed by atoms with Gasteiger partial charge in [-0.05, 0) is 19.0 Å². The third-order valence-electron chi connectivity index (χ3n) is 1.39. The highest BCUT2D eigenvalue weighted by Crippen LogP contribution is 2.21. The van der Waals surface area contributed by atoms with E-state index in [1.165, 1.54) is 0 Å². The van der Waals surface area contributed by atoms with E-state index in [0.29, 0.717) is 5.01 Å². The number of carbonyl (C=O) groups excluding carboxylic acids is 1. The van der Waals surface area contributed by atoms with Crippen molar-refractivity contribution in [3.8, 4) is 0 Å². The molecular formula is C7H9N3O3S. The average Bonchev–Trinajstić information content (AvgIpc) is 2.54. The van der Waals surface area contributed by atoms with Crippen molar-refractivity contribution < 1.29 is 9.53 Å². The molecule has 0 bridgehead atoms. The molecule has 1 aromatic heterocycles. The quantitative estimate of drug-likeness (QED) is 0.557. The van der Waals surface area contributed by atoms with Gasteiger partial charge in [0.05, 0.1) is 6.61 Å². The van der Waals surface area contributed by atoms with E-state index in [0.717, 1.165) is 11.3 Å². The summed E-state index contributed by atoms with van der Waals surface area (Å²) < 4.78 is 4.66. The highest BCUT2D eigenvalue weighted by Gasteiger charge is 2.26. The Morgan fingerprint density at radius 2 is 2.36 bits per heavy atom. The van der Waals surface area contributed by atoms with E-state index in [9.17, 15) is 9.70 Å². The lowest BCUT2D eigenvalue weighted by Gasteiger charge is -2.03. The van der Waals surface area contributed by atoms with E-state index in [2.05, 4.69) is 20.1 Å². The number of nitrogens with zero attached hydrogens (tertiary/aromatic N) is 3. The first kappa shape index (κ1) is 10.7. The van der Waals surface area contributed by atoms with E-state index in [-0.39, 0.29) is 11.6 Å². The Labute approximate surface area is 84.3 Å². The van der Waals surface area contributed by atoms with Crippen LogP contribution in [0.25, 0.3) is 0 Å². The van der Waals surface area contributed by atoms with E-state index in [4.69, 9.17) is 0 Å². The molecule has 1 aromatic rings. The van der Waals surface area contributed by atoms with Gasteiger partial charge in [-0.15, -0.1) is 15.1 Å². The van der Waals surface area contributed by atoms with Gasteiger partial charge < -0.3 is 4.74 Å². The molecule has 76 valence electrons. The second-order valence-corrected chi connectivity index (χ2v) is 3.63. The number of rotatable bonds is 4. The number of ether oxygens (including phenoxy) is 1. The molecule has 6 nitrogen and oxygen atoms in total. The fraction of sp³-hybridized carbons (Fsp3) is 0.571. The summed E-state index contributed by atoms with van der Waals surface area (Å²) in [5, 5.41) is 11.0. The minimum atomic E-state index is -1.18. The number of hydrogen-bond acceptors (Lipinski definition) is 7. The number of aryl methyl sites for hydroxylation is 1. The molecule has 0 amide bonds. The van der Waals surface area contributed by atoms with Gasteiger partial charge in [0, 0.05) is 0 Å². The van der Waals surface area contributed by atoms with Gasteiger partial charge in [-0.1, -0.05) is 11.3 Å². The first-order valence-corrected chi connectivity index (χ1v) is 4.79. The molecule has 0 aliphatic rings. The van der Waals surface area contributed by atoms with Gasteiger partial charge in [0.2, 0.25) is 6.04 Å². The van der Waals surface area contributed by atoms with E-state index >= 15 is 0 Å². The predicted molar refractivity (Wildman–Crippen MR) is 49.8 cm³/mol. The normalized spacial score (nSPS) is 12.1. The molecule has 1 atom stereocenters. The Kier molecular flexibility index (Phi) is 3.63. The largest absolute Gasteiger partial charge is 0.464 e. The van der Waals surface area contributed by atoms with Crippen molar-refractivity contribution >= 4 is 17.3 Å². The molecule has 0 radical (unpaired) electrons. The van der Waals surface area contributed by atoms with Crippen molar-refractivity contribution in [2.24, 2.45) is 5.18 Å². The zero-order chi connectivity index (χ0) is 10.6. The van der Waals surface area contributed by atoms with Gasteiger partial charge in [0.25, 0.3) is 0 Å². The first-order chi connectivity index (χ1) is 6.69. The van der Waals surface area contributed by atoms with Crippen molar-refractivity contribution in [3.63, 3.8) is 0 Å². The number of carbonyl (C=O) groups is 1. The minimum Gasteiger partial charge on any atom is -0.464 e. The number of aromatic nitrogens is 2. The average molecular weight is 215 g/mol. The van der Waals surface area contributed by atoms with E-state index < -0.39 is 12.0 Å². The first-order valence-electron chi connectivity index (χ1n) is 3.98. The van der Waals surface area contributed by atoms with Crippen LogP contribution in [0.3, 0.4) is 0 Å². The smallest absolute Gasteiger partial charge is 0.341 e. The van der Waals surface area contributed by atoms with E-state index in [1.807, 2.05) is 0 Å². The molecule has 0 aliphatic heterocycles. The summed E-state index contributed by atoms with van der Waals surface area (Å²) in [4.78, 5) is 21.6. The summed E-state index contributed by atoms with van der Waals surface area (Å²) in [5.41, 5.74) is 0. The SMILES string of the molecule is CCOC(=O)C(N=O)c1nnc(C)s1. The molecule has 0 saturated carbocycles. The van der Waals surface area contributed by atoms with E-state index in [1.54, 1.807) is 13.8 Å². The number of esters is 1. The van der Waals surface area contributed by atoms with Crippen LogP contribution in [0.2, 0.25) is 0 Å². The maximum atomic E-state index is 11.2. The second-order valence-electron chi connectivity index (χ2n) is 2.42. The van der Waals surface area contributed by atoms with Crippen LogP contribution in [0.4, 0.5) is 0 Å². The summed E-state index contributed by atoms with van der Waals surface area (Å²) >= 11 is 1.16. The fourth-order valence-corrected chi connectivity index (χ4v) is 1.55. The maximum absolute atomic E-state index is 11.2. The Morgan fingerprint density at radius 1 is 1.64 bits per heavy atom. The lowest BCUT2D eigenvalue weighted by molar-refractivity contribution is -0.144. The van der Waals surface area contributed by atoms with Crippen LogP contribution in [0.15, 0.2) is 5.18 Å². The molecule has 1 heterocycles. The van der Waals surface area contributed by atoms with Crippen LogP contribution in [-0.4, -0.2) is 22.8 Å². The summed E-state index contributed by atoms with van der Waals surface area (Å²) in [5.74, 6) is -0.682. The molecule has 0 aliphatic carbocycles. The van der Waals surface area contributed by atoms with Gasteiger partial charge in [-0.3, -0.25) is 0 Å². The van der Waals surface area contributed by atoms with Crippen LogP contribution in [0.5, 0.6) is 0 Å². The van der Waals surface area contributed by atoms with Gasteiger partial charge in [-0.2, -0.15) is 0 Å². The molecule has 0 N–H and O–H groups in total. The Morgan fingerprint density at radius 3 is 2.79 bits per heavy atom. The molecule has 7 heteroatoms. The number of nitroso groups, excluding NO2 is 1. The van der Waals surface area contributed by atoms with Gasteiger partial charge >= 0.3 is 5.97 Å². The van der Waals surface area contributed by atoms with Crippen molar-refractivity contribution in [1.29, 1.82) is 0 Å². The Balaban J connectivity index is 2.81. The minimum absolute atomic E-state index is 0.211. The standard InChI is InChI=1S/C7H9N3O3S/c1-3-13-7(11)5(10-12)6-9-8-4(2)14-6/h5H,3H2,1-2H3. The fourth-order valence-electron chi connectivity index (χ4n) is 0.832. The lowest BCUT2D eigenvalue weighted by atomic mass is 10.3. The molecular weight excluding hydrogens is 206 g/mol. The van der Waals surface area contributed by atoms with Gasteiger partial charge in [0.1, 0.15) is 5.01 Å². The third kappa shape index (κ3) is 2.32. The summed E-state index contributed by atoms with van der Waals surface area (Å²) in [6, 6.07) is -1.18. The molecule has 0 spiro atoms. The zero-order valence-corrected chi connectivity index (χ0v) is 8.58. The van der Waals surface area contributed by atoms with Crippen molar-refractivity contribution in [1.82, 2.24) is 10.2 Å². The lowest BCUT2D eigenvalue weighted by Crippen LogP contribution is -2.13. The Bertz CT molecular complexity index is 339. The van der Waals surface area contributed by atoms with Crippen LogP contribution in [-0.2, 0) is 9.53 Å².